The number of carbonyl (C=O) groups is 1. The zero-order valence-electron chi connectivity index (χ0n) is 14.3. The van der Waals surface area contributed by atoms with Crippen LogP contribution >= 0.6 is 11.5 Å². The topological polar surface area (TPSA) is 100 Å². The second-order valence-corrected chi connectivity index (χ2v) is 7.45. The van der Waals surface area contributed by atoms with Gasteiger partial charge in [0.2, 0.25) is 11.0 Å². The zero-order chi connectivity index (χ0) is 17.4. The van der Waals surface area contributed by atoms with E-state index in [1.807, 2.05) is 19.0 Å². The Hall–Kier alpha value is -2.07. The molecular weight excluding hydrogens is 342 g/mol. The van der Waals surface area contributed by atoms with E-state index in [0.29, 0.717) is 12.4 Å². The van der Waals surface area contributed by atoms with Crippen molar-refractivity contribution in [1.29, 1.82) is 0 Å². The number of carbonyl (C=O) groups excluding carboxylic acids is 1. The summed E-state index contributed by atoms with van der Waals surface area (Å²) in [4.78, 5) is 25.1. The molecule has 10 heteroatoms. The van der Waals surface area contributed by atoms with Gasteiger partial charge < -0.3 is 14.7 Å². The molecular formula is C15H21N7O2S. The minimum absolute atomic E-state index is 0.0151. The van der Waals surface area contributed by atoms with Gasteiger partial charge in [0.05, 0.1) is 12.6 Å². The van der Waals surface area contributed by atoms with Crippen LogP contribution in [0.15, 0.2) is 4.52 Å². The number of hydrogen-bond donors (Lipinski definition) is 1. The second-order valence-electron chi connectivity index (χ2n) is 6.72. The summed E-state index contributed by atoms with van der Waals surface area (Å²) in [6.07, 6.45) is 4.03. The van der Waals surface area contributed by atoms with Gasteiger partial charge in [-0.15, -0.1) is 0 Å². The third kappa shape index (κ3) is 3.64. The molecule has 0 radical (unpaired) electrons. The molecule has 25 heavy (non-hydrogen) atoms. The summed E-state index contributed by atoms with van der Waals surface area (Å²) in [5.41, 5.74) is 0. The third-order valence-electron chi connectivity index (χ3n) is 4.39. The van der Waals surface area contributed by atoms with E-state index in [4.69, 9.17) is 4.52 Å². The maximum Gasteiger partial charge on any atom is 0.292 e. The van der Waals surface area contributed by atoms with Crippen LogP contribution in [-0.4, -0.2) is 57.0 Å². The van der Waals surface area contributed by atoms with Gasteiger partial charge in [-0.3, -0.25) is 9.69 Å². The van der Waals surface area contributed by atoms with E-state index < -0.39 is 0 Å². The molecule has 3 heterocycles. The first-order valence-corrected chi connectivity index (χ1v) is 9.26. The smallest absolute Gasteiger partial charge is 0.292 e. The van der Waals surface area contributed by atoms with Gasteiger partial charge in [-0.25, -0.2) is 4.98 Å². The highest BCUT2D eigenvalue weighted by Gasteiger charge is 2.33. The highest BCUT2D eigenvalue weighted by molar-refractivity contribution is 7.09. The molecule has 4 rings (SSSR count). The maximum absolute atomic E-state index is 12.0. The van der Waals surface area contributed by atoms with E-state index in [9.17, 15) is 4.79 Å². The van der Waals surface area contributed by atoms with Crippen LogP contribution in [-0.2, 0) is 6.54 Å². The van der Waals surface area contributed by atoms with Gasteiger partial charge in [0, 0.05) is 31.7 Å². The van der Waals surface area contributed by atoms with Crippen molar-refractivity contribution in [3.05, 3.63) is 17.5 Å². The van der Waals surface area contributed by atoms with Gasteiger partial charge in [0.15, 0.2) is 5.82 Å². The van der Waals surface area contributed by atoms with E-state index in [1.54, 1.807) is 0 Å². The molecule has 1 N–H and O–H groups in total. The Balaban J connectivity index is 1.43. The number of hydrogen-bond acceptors (Lipinski definition) is 9. The fourth-order valence-corrected chi connectivity index (χ4v) is 3.50. The molecule has 0 bridgehead atoms. The van der Waals surface area contributed by atoms with Crippen molar-refractivity contribution >= 4 is 22.6 Å². The standard InChI is InChI=1S/C15H21N7O2S/c1-21(2)15-17-11(20-25-15)8-22-7-3-4-10(22)14-18-12(19-24-14)13(23)16-9-5-6-9/h9-10H,3-8H2,1-2H3,(H,16,23). The lowest BCUT2D eigenvalue weighted by atomic mass is 10.2. The number of aromatic nitrogens is 4. The summed E-state index contributed by atoms with van der Waals surface area (Å²) >= 11 is 1.39. The molecule has 1 aliphatic carbocycles. The van der Waals surface area contributed by atoms with Crippen LogP contribution in [0.5, 0.6) is 0 Å². The SMILES string of the molecule is CN(C)c1nc(CN2CCCC2c2nc(C(=O)NC3CC3)no2)ns1. The molecule has 2 aromatic heterocycles. The fourth-order valence-electron chi connectivity index (χ4n) is 2.91. The summed E-state index contributed by atoms with van der Waals surface area (Å²) in [6.45, 7) is 1.56. The van der Waals surface area contributed by atoms with Crippen LogP contribution < -0.4 is 10.2 Å². The van der Waals surface area contributed by atoms with E-state index in [0.717, 1.165) is 43.2 Å². The highest BCUT2D eigenvalue weighted by atomic mass is 32.1. The Morgan fingerprint density at radius 1 is 1.36 bits per heavy atom. The van der Waals surface area contributed by atoms with Crippen LogP contribution in [0.2, 0.25) is 0 Å². The van der Waals surface area contributed by atoms with Gasteiger partial charge in [-0.1, -0.05) is 5.16 Å². The minimum atomic E-state index is -0.251. The van der Waals surface area contributed by atoms with Crippen LogP contribution in [0, 0.1) is 0 Å². The van der Waals surface area contributed by atoms with Crippen molar-refractivity contribution in [2.45, 2.75) is 44.3 Å². The fraction of sp³-hybridized carbons (Fsp3) is 0.667. The number of likely N-dealkylation sites (tertiary alicyclic amines) is 1. The van der Waals surface area contributed by atoms with E-state index in [1.165, 1.54) is 11.5 Å². The van der Waals surface area contributed by atoms with Gasteiger partial charge in [0.1, 0.15) is 0 Å². The van der Waals surface area contributed by atoms with E-state index >= 15 is 0 Å². The molecule has 1 aliphatic heterocycles. The summed E-state index contributed by atoms with van der Waals surface area (Å²) in [6, 6.07) is 0.292. The van der Waals surface area contributed by atoms with Gasteiger partial charge in [-0.2, -0.15) is 9.36 Å². The van der Waals surface area contributed by atoms with E-state index in [-0.39, 0.29) is 23.8 Å². The Bertz CT molecular complexity index is 755. The first-order chi connectivity index (χ1) is 12.1. The number of amides is 1. The quantitative estimate of drug-likeness (QED) is 0.817. The zero-order valence-corrected chi connectivity index (χ0v) is 15.1. The van der Waals surface area contributed by atoms with Crippen molar-refractivity contribution in [2.24, 2.45) is 0 Å². The highest BCUT2D eigenvalue weighted by Crippen LogP contribution is 2.32. The van der Waals surface area contributed by atoms with Gasteiger partial charge in [0.25, 0.3) is 11.7 Å². The molecule has 134 valence electrons. The summed E-state index contributed by atoms with van der Waals surface area (Å²) in [5, 5.41) is 7.62. The number of anilines is 1. The molecule has 1 amide bonds. The maximum atomic E-state index is 12.0. The van der Waals surface area contributed by atoms with Gasteiger partial charge in [-0.05, 0) is 32.2 Å². The van der Waals surface area contributed by atoms with Crippen molar-refractivity contribution < 1.29 is 9.32 Å². The molecule has 0 aromatic carbocycles. The average molecular weight is 363 g/mol. The van der Waals surface area contributed by atoms with Crippen molar-refractivity contribution in [3.63, 3.8) is 0 Å². The van der Waals surface area contributed by atoms with Crippen molar-refractivity contribution in [2.75, 3.05) is 25.5 Å². The Morgan fingerprint density at radius 2 is 2.20 bits per heavy atom. The molecule has 1 saturated carbocycles. The number of nitrogens with zero attached hydrogens (tertiary/aromatic N) is 6. The number of nitrogens with one attached hydrogen (secondary N) is 1. The second kappa shape index (κ2) is 6.68. The summed E-state index contributed by atoms with van der Waals surface area (Å²) in [5.74, 6) is 1.17. The summed E-state index contributed by atoms with van der Waals surface area (Å²) < 4.78 is 9.79. The van der Waals surface area contributed by atoms with Crippen LogP contribution in [0.3, 0.4) is 0 Å². The predicted molar refractivity (Wildman–Crippen MR) is 91.4 cm³/mol. The molecule has 1 atom stereocenters. The molecule has 9 nitrogen and oxygen atoms in total. The predicted octanol–water partition coefficient (Wildman–Crippen LogP) is 1.22. The largest absolute Gasteiger partial charge is 0.353 e. The first kappa shape index (κ1) is 16.4. The summed E-state index contributed by atoms with van der Waals surface area (Å²) in [7, 11) is 3.91. The molecule has 1 unspecified atom stereocenters. The lowest BCUT2D eigenvalue weighted by Gasteiger charge is -2.19. The van der Waals surface area contributed by atoms with Crippen LogP contribution in [0.25, 0.3) is 0 Å². The lowest BCUT2D eigenvalue weighted by Crippen LogP contribution is -2.27. The monoisotopic (exact) mass is 363 g/mol. The third-order valence-corrected chi connectivity index (χ3v) is 5.31. The minimum Gasteiger partial charge on any atom is -0.353 e. The normalized spacial score (nSPS) is 20.8. The Kier molecular flexibility index (Phi) is 4.38. The van der Waals surface area contributed by atoms with E-state index in [2.05, 4.69) is 29.7 Å². The van der Waals surface area contributed by atoms with Crippen LogP contribution in [0.1, 0.15) is 54.1 Å². The van der Waals surface area contributed by atoms with Crippen LogP contribution in [0.4, 0.5) is 5.13 Å². The van der Waals surface area contributed by atoms with Crippen molar-refractivity contribution in [3.8, 4) is 0 Å². The molecule has 2 aromatic rings. The first-order valence-electron chi connectivity index (χ1n) is 8.48. The average Bonchev–Trinajstić information content (AvgIpc) is 3.01. The lowest BCUT2D eigenvalue weighted by molar-refractivity contribution is 0.0937. The van der Waals surface area contributed by atoms with Crippen molar-refractivity contribution in [1.82, 2.24) is 29.7 Å². The molecule has 2 aliphatic rings. The molecule has 0 spiro atoms. The Labute approximate surface area is 149 Å². The Morgan fingerprint density at radius 3 is 2.92 bits per heavy atom. The number of rotatable bonds is 6. The van der Waals surface area contributed by atoms with Gasteiger partial charge >= 0.3 is 0 Å². The molecule has 2 fully saturated rings. The molecule has 1 saturated heterocycles.